The topological polar surface area (TPSA) is 17.0 Å². The van der Waals surface area contributed by atoms with Crippen LogP contribution in [0.1, 0.15) is 40.6 Å². The Morgan fingerprint density at radius 1 is 0.649 bits per heavy atom. The van der Waals surface area contributed by atoms with Crippen molar-refractivity contribution in [3.8, 4) is 11.1 Å². The quantitative estimate of drug-likeness (QED) is 0.208. The van der Waals surface area contributed by atoms with Gasteiger partial charge in [-0.3, -0.25) is 0 Å². The largest absolute Gasteiger partial charge is 0.372 e. The zero-order chi connectivity index (χ0) is 25.5. The summed E-state index contributed by atoms with van der Waals surface area (Å²) in [6.07, 6.45) is 1.73. The first kappa shape index (κ1) is 24.7. The molecular formula is C34H32N2S. The lowest BCUT2D eigenvalue weighted by molar-refractivity contribution is 0.713. The molecule has 0 unspecified atom stereocenters. The molecule has 37 heavy (non-hydrogen) atoms. The van der Waals surface area contributed by atoms with Crippen molar-refractivity contribution >= 4 is 17.2 Å². The smallest absolute Gasteiger partial charge is 0.109 e. The van der Waals surface area contributed by atoms with E-state index in [-0.39, 0.29) is 0 Å². The molecule has 5 aromatic rings. The number of nitrogens with one attached hydrogen (secondary N) is 1. The van der Waals surface area contributed by atoms with Gasteiger partial charge in [0.2, 0.25) is 0 Å². The third-order valence-corrected chi connectivity index (χ3v) is 7.15. The Hall–Kier alpha value is -3.95. The summed E-state index contributed by atoms with van der Waals surface area (Å²) in [5.74, 6) is 0. The van der Waals surface area contributed by atoms with E-state index in [1.165, 1.54) is 39.2 Å². The van der Waals surface area contributed by atoms with E-state index >= 15 is 0 Å². The summed E-state index contributed by atoms with van der Waals surface area (Å²) in [6, 6.07) is 42.7. The number of hydrogen-bond donors (Lipinski definition) is 1. The lowest BCUT2D eigenvalue weighted by atomic mass is 9.96. The predicted molar refractivity (Wildman–Crippen MR) is 159 cm³/mol. The maximum atomic E-state index is 6.14. The van der Waals surface area contributed by atoms with Crippen molar-refractivity contribution in [2.24, 2.45) is 0 Å². The number of hydrogen-bond acceptors (Lipinski definition) is 1. The highest BCUT2D eigenvalue weighted by atomic mass is 32.1. The van der Waals surface area contributed by atoms with E-state index in [1.54, 1.807) is 0 Å². The molecule has 0 aliphatic rings. The van der Waals surface area contributed by atoms with Gasteiger partial charge in [0.15, 0.2) is 0 Å². The summed E-state index contributed by atoms with van der Waals surface area (Å²) in [5, 5.41) is 3.59. The Bertz CT molecular complexity index is 1440. The first-order chi connectivity index (χ1) is 18.2. The monoisotopic (exact) mass is 500 g/mol. The van der Waals surface area contributed by atoms with Gasteiger partial charge in [-0.2, -0.15) is 0 Å². The number of nitrogens with zero attached hydrogens (tertiary/aromatic N) is 1. The van der Waals surface area contributed by atoms with Crippen molar-refractivity contribution in [2.75, 3.05) is 0 Å². The molecule has 184 valence electrons. The van der Waals surface area contributed by atoms with Crippen LogP contribution in [0.2, 0.25) is 0 Å². The Morgan fingerprint density at radius 2 is 1.16 bits per heavy atom. The number of rotatable bonds is 9. The van der Waals surface area contributed by atoms with Crippen molar-refractivity contribution in [1.29, 1.82) is 0 Å². The van der Waals surface area contributed by atoms with Crippen molar-refractivity contribution in [3.05, 3.63) is 155 Å². The third kappa shape index (κ3) is 5.73. The second kappa shape index (κ2) is 11.9. The van der Waals surface area contributed by atoms with E-state index < -0.39 is 0 Å². The second-order valence-corrected chi connectivity index (χ2v) is 9.67. The Kier molecular flexibility index (Phi) is 7.93. The van der Waals surface area contributed by atoms with Gasteiger partial charge in [-0.25, -0.2) is 0 Å². The molecule has 0 saturated carbocycles. The summed E-state index contributed by atoms with van der Waals surface area (Å²) in [4.78, 5) is 0.806. The molecule has 0 amide bonds. The van der Waals surface area contributed by atoms with Crippen molar-refractivity contribution < 1.29 is 0 Å². The Labute approximate surface area is 225 Å². The average molecular weight is 501 g/mol. The molecule has 0 atom stereocenters. The predicted octanol–water partition coefficient (Wildman–Crippen LogP) is 7.82. The fourth-order valence-corrected chi connectivity index (χ4v) is 5.34. The van der Waals surface area contributed by atoms with Crippen molar-refractivity contribution in [3.63, 3.8) is 0 Å². The molecule has 2 nitrogen and oxygen atoms in total. The summed E-state index contributed by atoms with van der Waals surface area (Å²) in [6.45, 7) is 3.75. The molecule has 1 N–H and O–H groups in total. The molecule has 0 bridgehead atoms. The summed E-state index contributed by atoms with van der Waals surface area (Å²) in [7, 11) is 0. The fraction of sp³-hybridized carbons (Fsp3) is 0.147. The minimum atomic E-state index is 0.703. The van der Waals surface area contributed by atoms with Gasteiger partial charge in [0.1, 0.15) is 4.99 Å². The van der Waals surface area contributed by atoms with Gasteiger partial charge < -0.3 is 9.88 Å². The van der Waals surface area contributed by atoms with Crippen LogP contribution in [-0.2, 0) is 25.9 Å². The maximum Gasteiger partial charge on any atom is 0.109 e. The first-order valence-electron chi connectivity index (χ1n) is 12.9. The average Bonchev–Trinajstić information content (AvgIpc) is 3.26. The lowest BCUT2D eigenvalue weighted by Crippen LogP contribution is -2.23. The van der Waals surface area contributed by atoms with E-state index in [2.05, 4.69) is 132 Å². The van der Waals surface area contributed by atoms with Gasteiger partial charge in [-0.1, -0.05) is 140 Å². The Morgan fingerprint density at radius 3 is 1.73 bits per heavy atom. The van der Waals surface area contributed by atoms with Crippen LogP contribution in [0.15, 0.2) is 121 Å². The Balaban J connectivity index is 1.67. The van der Waals surface area contributed by atoms with E-state index in [9.17, 15) is 0 Å². The standard InChI is InChI=1S/C34H32N2S/c1-2-30-33(34(37)35-24-27-17-9-4-10-18-27)32(29-21-13-6-14-22-29)31(23-26-15-7-3-8-16-26)36(30)25-28-19-11-5-12-20-28/h3-22H,2,23-25H2,1H3,(H,35,37). The zero-order valence-corrected chi connectivity index (χ0v) is 22.0. The van der Waals surface area contributed by atoms with Gasteiger partial charge >= 0.3 is 0 Å². The molecule has 0 spiro atoms. The fourth-order valence-electron chi connectivity index (χ4n) is 5.05. The first-order valence-corrected chi connectivity index (χ1v) is 13.3. The van der Waals surface area contributed by atoms with Crippen LogP contribution in [0.4, 0.5) is 0 Å². The van der Waals surface area contributed by atoms with Crippen LogP contribution in [0, 0.1) is 0 Å². The molecule has 0 aliphatic carbocycles. The SMILES string of the molecule is CCc1c(C(=S)NCc2ccccc2)c(-c2ccccc2)c(Cc2ccccc2)n1Cc1ccccc1. The molecular weight excluding hydrogens is 468 g/mol. The van der Waals surface area contributed by atoms with Crippen LogP contribution in [0.3, 0.4) is 0 Å². The number of aromatic nitrogens is 1. The highest BCUT2D eigenvalue weighted by molar-refractivity contribution is 7.80. The van der Waals surface area contributed by atoms with Gasteiger partial charge in [-0.15, -0.1) is 0 Å². The van der Waals surface area contributed by atoms with E-state index in [1.807, 2.05) is 6.07 Å². The minimum Gasteiger partial charge on any atom is -0.372 e. The molecule has 0 saturated heterocycles. The van der Waals surface area contributed by atoms with Gasteiger partial charge in [0.05, 0.1) is 0 Å². The summed E-state index contributed by atoms with van der Waals surface area (Å²) in [5.41, 5.74) is 9.98. The molecule has 0 fully saturated rings. The normalized spacial score (nSPS) is 10.8. The summed E-state index contributed by atoms with van der Waals surface area (Å²) >= 11 is 6.14. The van der Waals surface area contributed by atoms with Crippen LogP contribution in [0.5, 0.6) is 0 Å². The van der Waals surface area contributed by atoms with E-state index in [4.69, 9.17) is 12.2 Å². The maximum absolute atomic E-state index is 6.14. The third-order valence-electron chi connectivity index (χ3n) is 6.80. The molecule has 1 heterocycles. The van der Waals surface area contributed by atoms with Crippen molar-refractivity contribution in [1.82, 2.24) is 9.88 Å². The number of benzene rings is 4. The highest BCUT2D eigenvalue weighted by Crippen LogP contribution is 2.36. The van der Waals surface area contributed by atoms with E-state index in [0.29, 0.717) is 6.54 Å². The molecule has 3 heteroatoms. The lowest BCUT2D eigenvalue weighted by Gasteiger charge is -2.15. The molecule has 0 radical (unpaired) electrons. The van der Waals surface area contributed by atoms with Gasteiger partial charge in [0, 0.05) is 42.0 Å². The van der Waals surface area contributed by atoms with Crippen LogP contribution in [-0.4, -0.2) is 9.56 Å². The molecule has 0 aliphatic heterocycles. The van der Waals surface area contributed by atoms with Crippen molar-refractivity contribution in [2.45, 2.75) is 32.9 Å². The van der Waals surface area contributed by atoms with Crippen LogP contribution < -0.4 is 5.32 Å². The van der Waals surface area contributed by atoms with Gasteiger partial charge in [-0.05, 0) is 28.7 Å². The van der Waals surface area contributed by atoms with Crippen LogP contribution >= 0.6 is 12.2 Å². The molecule has 5 rings (SSSR count). The zero-order valence-electron chi connectivity index (χ0n) is 21.2. The number of thiocarbonyl (C=S) groups is 1. The van der Waals surface area contributed by atoms with E-state index in [0.717, 1.165) is 29.9 Å². The van der Waals surface area contributed by atoms with Gasteiger partial charge in [0.25, 0.3) is 0 Å². The minimum absolute atomic E-state index is 0.703. The highest BCUT2D eigenvalue weighted by Gasteiger charge is 2.25. The molecule has 1 aromatic heterocycles. The second-order valence-electron chi connectivity index (χ2n) is 9.27. The van der Waals surface area contributed by atoms with Crippen LogP contribution in [0.25, 0.3) is 11.1 Å². The molecule has 4 aromatic carbocycles. The summed E-state index contributed by atoms with van der Waals surface area (Å²) < 4.78 is 2.51.